The molecule has 5 nitrogen and oxygen atoms in total. The number of rotatable bonds is 4. The van der Waals surface area contributed by atoms with Crippen molar-refractivity contribution in [3.05, 3.63) is 47.3 Å². The van der Waals surface area contributed by atoms with Crippen molar-refractivity contribution in [2.75, 3.05) is 0 Å². The van der Waals surface area contributed by atoms with Crippen LogP contribution in [0, 0.1) is 19.8 Å². The molecule has 126 valence electrons. The molecule has 0 atom stereocenters. The number of aromatic nitrogens is 2. The molecule has 0 bridgehead atoms. The maximum atomic E-state index is 12.1. The monoisotopic (exact) mass is 324 g/mol. The number of aryl methyl sites for hydroxylation is 1. The summed E-state index contributed by atoms with van der Waals surface area (Å²) in [6.07, 6.45) is 7.19. The molecule has 1 aromatic carbocycles. The van der Waals surface area contributed by atoms with Gasteiger partial charge < -0.3 is 0 Å². The summed E-state index contributed by atoms with van der Waals surface area (Å²) in [6.45, 7) is 3.97. The van der Waals surface area contributed by atoms with E-state index in [1.54, 1.807) is 6.21 Å². The van der Waals surface area contributed by atoms with E-state index in [4.69, 9.17) is 0 Å². The lowest BCUT2D eigenvalue weighted by Crippen LogP contribution is -2.28. The molecule has 1 N–H and O–H groups in total. The van der Waals surface area contributed by atoms with E-state index in [-0.39, 0.29) is 11.8 Å². The molecule has 0 aliphatic heterocycles. The number of nitrogens with one attached hydrogen (secondary N) is 1. The highest BCUT2D eigenvalue weighted by Crippen LogP contribution is 2.23. The fourth-order valence-corrected chi connectivity index (χ4v) is 3.28. The standard InChI is InChI=1S/C19H24N4O/c1-14-18(13-20-21-19(24)16-9-5-3-6-10-16)15(2)23(22-14)17-11-7-4-8-12-17/h4,7-8,11-13,16H,3,5-6,9-10H2,1-2H3,(H,21,24). The van der Waals surface area contributed by atoms with Gasteiger partial charge in [0.15, 0.2) is 0 Å². The highest BCUT2D eigenvalue weighted by atomic mass is 16.2. The van der Waals surface area contributed by atoms with Gasteiger partial charge in [-0.1, -0.05) is 37.5 Å². The van der Waals surface area contributed by atoms with Crippen LogP contribution in [-0.4, -0.2) is 21.9 Å². The second-order valence-corrected chi connectivity index (χ2v) is 6.40. The van der Waals surface area contributed by atoms with Crippen LogP contribution in [-0.2, 0) is 4.79 Å². The summed E-state index contributed by atoms with van der Waals surface area (Å²) in [5.74, 6) is 0.154. The Kier molecular flexibility index (Phi) is 5.08. The number of carbonyl (C=O) groups is 1. The fourth-order valence-electron chi connectivity index (χ4n) is 3.28. The minimum Gasteiger partial charge on any atom is -0.273 e. The molecule has 0 unspecified atom stereocenters. The zero-order valence-electron chi connectivity index (χ0n) is 14.3. The van der Waals surface area contributed by atoms with Gasteiger partial charge in [0, 0.05) is 11.5 Å². The van der Waals surface area contributed by atoms with Crippen molar-refractivity contribution in [3.8, 4) is 5.69 Å². The molecule has 0 radical (unpaired) electrons. The number of hydrogen-bond acceptors (Lipinski definition) is 3. The highest BCUT2D eigenvalue weighted by molar-refractivity contribution is 5.85. The highest BCUT2D eigenvalue weighted by Gasteiger charge is 2.20. The van der Waals surface area contributed by atoms with Gasteiger partial charge in [0.05, 0.1) is 23.3 Å². The topological polar surface area (TPSA) is 59.3 Å². The van der Waals surface area contributed by atoms with E-state index in [0.29, 0.717) is 0 Å². The molecule has 0 spiro atoms. The van der Waals surface area contributed by atoms with Gasteiger partial charge in [0.2, 0.25) is 5.91 Å². The summed E-state index contributed by atoms with van der Waals surface area (Å²) in [6, 6.07) is 10.0. The summed E-state index contributed by atoms with van der Waals surface area (Å²) >= 11 is 0. The molecule has 2 aromatic rings. The summed E-state index contributed by atoms with van der Waals surface area (Å²) in [4.78, 5) is 12.1. The number of hydrogen-bond donors (Lipinski definition) is 1. The van der Waals surface area contributed by atoms with Crippen molar-refractivity contribution in [2.45, 2.75) is 46.0 Å². The normalized spacial score (nSPS) is 15.8. The Morgan fingerprint density at radius 3 is 2.62 bits per heavy atom. The van der Waals surface area contributed by atoms with Crippen molar-refractivity contribution in [1.29, 1.82) is 0 Å². The quantitative estimate of drug-likeness (QED) is 0.691. The Hall–Kier alpha value is -2.43. The van der Waals surface area contributed by atoms with Crippen molar-refractivity contribution in [3.63, 3.8) is 0 Å². The third-order valence-electron chi connectivity index (χ3n) is 4.69. The number of amides is 1. The van der Waals surface area contributed by atoms with Gasteiger partial charge >= 0.3 is 0 Å². The minimum absolute atomic E-state index is 0.0386. The molecule has 0 saturated heterocycles. The third kappa shape index (κ3) is 3.55. The Morgan fingerprint density at radius 1 is 1.21 bits per heavy atom. The van der Waals surface area contributed by atoms with Crippen LogP contribution < -0.4 is 5.43 Å². The zero-order valence-corrected chi connectivity index (χ0v) is 14.3. The molecule has 1 saturated carbocycles. The SMILES string of the molecule is Cc1nn(-c2ccccc2)c(C)c1C=NNC(=O)C1CCCCC1. The Bertz CT molecular complexity index is 727. The first-order valence-corrected chi connectivity index (χ1v) is 8.61. The van der Waals surface area contributed by atoms with Crippen molar-refractivity contribution < 1.29 is 4.79 Å². The molecule has 24 heavy (non-hydrogen) atoms. The van der Waals surface area contributed by atoms with Gasteiger partial charge in [0.1, 0.15) is 0 Å². The van der Waals surface area contributed by atoms with Gasteiger partial charge in [-0.15, -0.1) is 0 Å². The van der Waals surface area contributed by atoms with Crippen LogP contribution in [0.15, 0.2) is 35.4 Å². The van der Waals surface area contributed by atoms with E-state index in [1.807, 2.05) is 48.9 Å². The molecule has 1 aliphatic carbocycles. The van der Waals surface area contributed by atoms with Gasteiger partial charge in [-0.2, -0.15) is 10.2 Å². The summed E-state index contributed by atoms with van der Waals surface area (Å²) in [7, 11) is 0. The van der Waals surface area contributed by atoms with E-state index in [1.165, 1.54) is 6.42 Å². The van der Waals surface area contributed by atoms with Crippen LogP contribution in [0.3, 0.4) is 0 Å². The molecular weight excluding hydrogens is 300 g/mol. The second kappa shape index (κ2) is 7.43. The molecule has 1 fully saturated rings. The predicted molar refractivity (Wildman–Crippen MR) is 95.3 cm³/mol. The van der Waals surface area contributed by atoms with Crippen molar-refractivity contribution in [1.82, 2.24) is 15.2 Å². The first-order chi connectivity index (χ1) is 11.7. The molecule has 1 amide bonds. The van der Waals surface area contributed by atoms with Crippen LogP contribution in [0.2, 0.25) is 0 Å². The zero-order chi connectivity index (χ0) is 16.9. The van der Waals surface area contributed by atoms with E-state index in [9.17, 15) is 4.79 Å². The lowest BCUT2D eigenvalue weighted by molar-refractivity contribution is -0.125. The average molecular weight is 324 g/mol. The van der Waals surface area contributed by atoms with E-state index in [0.717, 1.165) is 48.3 Å². The lowest BCUT2D eigenvalue weighted by atomic mass is 9.89. The summed E-state index contributed by atoms with van der Waals surface area (Å²) in [5, 5.41) is 8.75. The van der Waals surface area contributed by atoms with E-state index in [2.05, 4.69) is 15.6 Å². The van der Waals surface area contributed by atoms with Crippen LogP contribution in [0.1, 0.15) is 49.1 Å². The summed E-state index contributed by atoms with van der Waals surface area (Å²) < 4.78 is 1.90. The van der Waals surface area contributed by atoms with Crippen molar-refractivity contribution in [2.24, 2.45) is 11.0 Å². The predicted octanol–water partition coefficient (Wildman–Crippen LogP) is 3.52. The first kappa shape index (κ1) is 16.4. The van der Waals surface area contributed by atoms with Crippen LogP contribution in [0.5, 0.6) is 0 Å². The Balaban J connectivity index is 1.71. The number of hydrazone groups is 1. The second-order valence-electron chi connectivity index (χ2n) is 6.40. The fraction of sp³-hybridized carbons (Fsp3) is 0.421. The van der Waals surface area contributed by atoms with Crippen LogP contribution >= 0.6 is 0 Å². The maximum Gasteiger partial charge on any atom is 0.243 e. The van der Waals surface area contributed by atoms with Crippen molar-refractivity contribution >= 4 is 12.1 Å². The van der Waals surface area contributed by atoms with E-state index < -0.39 is 0 Å². The largest absolute Gasteiger partial charge is 0.273 e. The molecule has 5 heteroatoms. The summed E-state index contributed by atoms with van der Waals surface area (Å²) in [5.41, 5.74) is 6.57. The molecule has 1 aliphatic rings. The minimum atomic E-state index is 0.0386. The van der Waals surface area contributed by atoms with Crippen LogP contribution in [0.4, 0.5) is 0 Å². The van der Waals surface area contributed by atoms with Gasteiger partial charge in [-0.25, -0.2) is 10.1 Å². The number of benzene rings is 1. The molecular formula is C19H24N4O. The first-order valence-electron chi connectivity index (χ1n) is 8.61. The van der Waals surface area contributed by atoms with Gasteiger partial charge in [0.25, 0.3) is 0 Å². The van der Waals surface area contributed by atoms with Gasteiger partial charge in [-0.3, -0.25) is 4.79 Å². The maximum absolute atomic E-state index is 12.1. The number of nitrogens with zero attached hydrogens (tertiary/aromatic N) is 3. The molecule has 3 rings (SSSR count). The smallest absolute Gasteiger partial charge is 0.243 e. The van der Waals surface area contributed by atoms with Gasteiger partial charge in [-0.05, 0) is 38.8 Å². The third-order valence-corrected chi connectivity index (χ3v) is 4.69. The Labute approximate surface area is 142 Å². The molecule has 1 aromatic heterocycles. The number of para-hydroxylation sites is 1. The van der Waals surface area contributed by atoms with E-state index >= 15 is 0 Å². The molecule has 1 heterocycles. The Morgan fingerprint density at radius 2 is 1.92 bits per heavy atom. The van der Waals surface area contributed by atoms with Crippen LogP contribution in [0.25, 0.3) is 5.69 Å². The average Bonchev–Trinajstić information content (AvgIpc) is 2.91. The number of carbonyl (C=O) groups excluding carboxylic acids is 1. The lowest BCUT2D eigenvalue weighted by Gasteiger charge is -2.19.